The van der Waals surface area contributed by atoms with Gasteiger partial charge >= 0.3 is 0 Å². The van der Waals surface area contributed by atoms with E-state index in [-0.39, 0.29) is 24.3 Å². The molecule has 2 rings (SSSR count). The van der Waals surface area contributed by atoms with Crippen LogP contribution in [-0.4, -0.2) is 41.5 Å². The molecule has 2 aliphatic rings. The van der Waals surface area contributed by atoms with E-state index in [0.717, 1.165) is 12.8 Å². The summed E-state index contributed by atoms with van der Waals surface area (Å²) in [6, 6.07) is 0.0811. The van der Waals surface area contributed by atoms with E-state index in [4.69, 9.17) is 0 Å². The molecule has 0 radical (unpaired) electrons. The van der Waals surface area contributed by atoms with Crippen molar-refractivity contribution >= 4 is 36.6 Å². The van der Waals surface area contributed by atoms with Gasteiger partial charge < -0.3 is 16.0 Å². The van der Waals surface area contributed by atoms with E-state index in [1.165, 1.54) is 0 Å². The quantitative estimate of drug-likeness (QED) is 0.206. The molecular weight excluding hydrogens is 306 g/mol. The molecule has 1 unspecified atom stereocenters. The van der Waals surface area contributed by atoms with Crippen molar-refractivity contribution in [1.82, 2.24) is 16.0 Å². The molecule has 1 saturated carbocycles. The number of nitrogens with one attached hydrogen (secondary N) is 3. The van der Waals surface area contributed by atoms with Crippen molar-refractivity contribution in [3.05, 3.63) is 0 Å². The maximum absolute atomic E-state index is 12.3. The number of rotatable bonds is 8. The minimum absolute atomic E-state index is 0.0811. The minimum Gasteiger partial charge on any atom is -0.356 e. The van der Waals surface area contributed by atoms with Crippen LogP contribution in [0.15, 0.2) is 0 Å². The third-order valence-corrected chi connectivity index (χ3v) is 4.97. The summed E-state index contributed by atoms with van der Waals surface area (Å²) in [6.45, 7) is 2.12. The lowest BCUT2D eigenvalue weighted by Crippen LogP contribution is -2.52. The summed E-state index contributed by atoms with van der Waals surface area (Å²) in [5, 5.41) is 7.85. The summed E-state index contributed by atoms with van der Waals surface area (Å²) in [7, 11) is 0. The van der Waals surface area contributed by atoms with Crippen molar-refractivity contribution in [3.8, 4) is 0 Å². The fourth-order valence-electron chi connectivity index (χ4n) is 2.58. The van der Waals surface area contributed by atoms with Crippen LogP contribution < -0.4 is 16.0 Å². The molecule has 0 bridgehead atoms. The van der Waals surface area contributed by atoms with Crippen LogP contribution in [0, 0.1) is 11.8 Å². The average molecular weight is 327 g/mol. The third kappa shape index (κ3) is 3.79. The maximum atomic E-state index is 12.3. The SMILES string of the molecule is CC(C(=O)C(=O)NC1CC1)[C@@](S)(C[C@@H]1CCNC1=O)NC=O. The molecule has 1 heterocycles. The van der Waals surface area contributed by atoms with Crippen LogP contribution in [0.25, 0.3) is 0 Å². The highest BCUT2D eigenvalue weighted by molar-refractivity contribution is 7.81. The Balaban J connectivity index is 2.06. The second-order valence-electron chi connectivity index (χ2n) is 6.00. The highest BCUT2D eigenvalue weighted by Gasteiger charge is 2.43. The number of carbonyl (C=O) groups excluding carboxylic acids is 4. The Morgan fingerprint density at radius 2 is 2.14 bits per heavy atom. The van der Waals surface area contributed by atoms with Gasteiger partial charge in [0.25, 0.3) is 5.91 Å². The Hall–Kier alpha value is -1.57. The zero-order valence-electron chi connectivity index (χ0n) is 12.4. The Morgan fingerprint density at radius 1 is 1.45 bits per heavy atom. The number of hydrogen-bond donors (Lipinski definition) is 4. The number of Topliss-reactive ketones (excluding diaryl/α,β-unsaturated/α-hetero) is 1. The molecule has 122 valence electrons. The van der Waals surface area contributed by atoms with Crippen molar-refractivity contribution in [2.75, 3.05) is 6.54 Å². The normalized spacial score (nSPS) is 24.8. The highest BCUT2D eigenvalue weighted by Crippen LogP contribution is 2.33. The minimum atomic E-state index is -1.23. The number of hydrogen-bond acceptors (Lipinski definition) is 5. The molecule has 0 aromatic rings. The van der Waals surface area contributed by atoms with Crippen LogP contribution in [0.3, 0.4) is 0 Å². The van der Waals surface area contributed by atoms with Gasteiger partial charge in [-0.3, -0.25) is 19.2 Å². The molecule has 1 saturated heterocycles. The number of carbonyl (C=O) groups is 4. The van der Waals surface area contributed by atoms with Crippen molar-refractivity contribution in [3.63, 3.8) is 0 Å². The molecule has 0 aromatic carbocycles. The van der Waals surface area contributed by atoms with Gasteiger partial charge in [0, 0.05) is 18.5 Å². The smallest absolute Gasteiger partial charge is 0.288 e. The van der Waals surface area contributed by atoms with E-state index in [1.807, 2.05) is 0 Å². The first-order chi connectivity index (χ1) is 10.4. The molecule has 8 heteroatoms. The Bertz CT molecular complexity index is 494. The molecular formula is C14H21N3O4S. The topological polar surface area (TPSA) is 104 Å². The molecule has 3 atom stereocenters. The molecule has 1 aliphatic carbocycles. The predicted molar refractivity (Wildman–Crippen MR) is 82.0 cm³/mol. The average Bonchev–Trinajstić information content (AvgIpc) is 3.20. The number of ketones is 1. The Morgan fingerprint density at radius 3 is 2.64 bits per heavy atom. The van der Waals surface area contributed by atoms with E-state index in [0.29, 0.717) is 19.4 Å². The van der Waals surface area contributed by atoms with Crippen LogP contribution in [0.1, 0.15) is 32.6 Å². The molecule has 2 fully saturated rings. The van der Waals surface area contributed by atoms with Crippen LogP contribution in [0.2, 0.25) is 0 Å². The zero-order valence-corrected chi connectivity index (χ0v) is 13.3. The molecule has 3 N–H and O–H groups in total. The van der Waals surface area contributed by atoms with Gasteiger partial charge in [0.1, 0.15) is 0 Å². The first-order valence-corrected chi connectivity index (χ1v) is 7.88. The number of amides is 3. The fraction of sp³-hybridized carbons (Fsp3) is 0.714. The second-order valence-corrected chi connectivity index (χ2v) is 6.80. The van der Waals surface area contributed by atoms with Gasteiger partial charge in [0.05, 0.1) is 10.8 Å². The summed E-state index contributed by atoms with van der Waals surface area (Å²) in [5.41, 5.74) is 0. The van der Waals surface area contributed by atoms with Crippen molar-refractivity contribution in [2.24, 2.45) is 11.8 Å². The summed E-state index contributed by atoms with van der Waals surface area (Å²) in [4.78, 5) is 45.5. The van der Waals surface area contributed by atoms with E-state index >= 15 is 0 Å². The second kappa shape index (κ2) is 6.68. The highest BCUT2D eigenvalue weighted by atomic mass is 32.1. The van der Waals surface area contributed by atoms with Crippen molar-refractivity contribution in [2.45, 2.75) is 43.5 Å². The monoisotopic (exact) mass is 327 g/mol. The first-order valence-electron chi connectivity index (χ1n) is 7.43. The lowest BCUT2D eigenvalue weighted by atomic mass is 9.87. The Kier molecular flexibility index (Phi) is 5.10. The van der Waals surface area contributed by atoms with Gasteiger partial charge in [0.15, 0.2) is 0 Å². The number of thiol groups is 1. The molecule has 22 heavy (non-hydrogen) atoms. The molecule has 1 aliphatic heterocycles. The maximum Gasteiger partial charge on any atom is 0.288 e. The van der Waals surface area contributed by atoms with Gasteiger partial charge in [-0.15, -0.1) is 0 Å². The van der Waals surface area contributed by atoms with Gasteiger partial charge in [-0.05, 0) is 25.7 Å². The predicted octanol–water partition coefficient (Wildman–Crippen LogP) is -0.631. The van der Waals surface area contributed by atoms with E-state index < -0.39 is 22.5 Å². The van der Waals surface area contributed by atoms with E-state index in [2.05, 4.69) is 28.6 Å². The zero-order chi connectivity index (χ0) is 16.3. The fourth-order valence-corrected chi connectivity index (χ4v) is 2.97. The summed E-state index contributed by atoms with van der Waals surface area (Å²) in [5.74, 6) is -2.57. The van der Waals surface area contributed by atoms with Gasteiger partial charge in [-0.25, -0.2) is 0 Å². The van der Waals surface area contributed by atoms with Crippen LogP contribution in [0.4, 0.5) is 0 Å². The molecule has 0 spiro atoms. The molecule has 3 amide bonds. The summed E-state index contributed by atoms with van der Waals surface area (Å²) in [6.07, 6.45) is 3.03. The van der Waals surface area contributed by atoms with Crippen LogP contribution in [-0.2, 0) is 19.2 Å². The third-order valence-electron chi connectivity index (χ3n) is 4.28. The van der Waals surface area contributed by atoms with E-state index in [1.54, 1.807) is 6.92 Å². The van der Waals surface area contributed by atoms with Gasteiger partial charge in [0.2, 0.25) is 18.1 Å². The molecule has 0 aromatic heterocycles. The van der Waals surface area contributed by atoms with Crippen LogP contribution in [0.5, 0.6) is 0 Å². The van der Waals surface area contributed by atoms with Crippen molar-refractivity contribution < 1.29 is 19.2 Å². The lowest BCUT2D eigenvalue weighted by molar-refractivity contribution is -0.141. The lowest BCUT2D eigenvalue weighted by Gasteiger charge is -2.34. The van der Waals surface area contributed by atoms with Crippen molar-refractivity contribution in [1.29, 1.82) is 0 Å². The standard InChI is InChI=1S/C14H21N3O4S/c1-8(11(19)13(21)17-10-2-3-10)14(22,16-7-18)6-9-4-5-15-12(9)20/h7-10,22H,2-6H2,1H3,(H,15,20)(H,16,18)(H,17,21)/t8?,9-,14-/m0/s1. The Labute approximate surface area is 134 Å². The summed E-state index contributed by atoms with van der Waals surface area (Å²) >= 11 is 4.43. The summed E-state index contributed by atoms with van der Waals surface area (Å²) < 4.78 is 0. The van der Waals surface area contributed by atoms with Gasteiger partial charge in [-0.2, -0.15) is 12.6 Å². The molecule has 7 nitrogen and oxygen atoms in total. The largest absolute Gasteiger partial charge is 0.356 e. The first kappa shape index (κ1) is 16.8. The van der Waals surface area contributed by atoms with E-state index in [9.17, 15) is 19.2 Å². The van der Waals surface area contributed by atoms with Crippen LogP contribution >= 0.6 is 12.6 Å². The van der Waals surface area contributed by atoms with Gasteiger partial charge in [-0.1, -0.05) is 6.92 Å².